The first-order valence-corrected chi connectivity index (χ1v) is 14.4. The van der Waals surface area contributed by atoms with Crippen molar-refractivity contribution in [3.05, 3.63) is 50.9 Å². The van der Waals surface area contributed by atoms with Crippen LogP contribution in [0.15, 0.2) is 30.3 Å². The molecule has 36 heavy (non-hydrogen) atoms. The van der Waals surface area contributed by atoms with Gasteiger partial charge in [-0.1, -0.05) is 29.3 Å². The van der Waals surface area contributed by atoms with Crippen LogP contribution in [-0.4, -0.2) is 53.2 Å². The van der Waals surface area contributed by atoms with Crippen LogP contribution in [0.1, 0.15) is 55.1 Å². The number of halogens is 2. The van der Waals surface area contributed by atoms with Gasteiger partial charge in [-0.05, 0) is 37.1 Å². The van der Waals surface area contributed by atoms with Gasteiger partial charge in [0.25, 0.3) is 0 Å². The number of carbonyl (C=O) groups excluding carboxylic acids is 1. The second-order valence-corrected chi connectivity index (χ2v) is 11.8. The molecule has 0 saturated carbocycles. The first-order valence-electron chi connectivity index (χ1n) is 12.8. The van der Waals surface area contributed by atoms with Gasteiger partial charge in [-0.2, -0.15) is 5.84 Å². The van der Waals surface area contributed by atoms with Crippen LogP contribution >= 0.6 is 34.5 Å². The Bertz CT molecular complexity index is 1230. The first kappa shape index (κ1) is 25.7. The van der Waals surface area contributed by atoms with E-state index >= 15 is 0 Å². The highest BCUT2D eigenvalue weighted by molar-refractivity contribution is 7.18. The van der Waals surface area contributed by atoms with Crippen LogP contribution < -0.4 is 16.1 Å². The maximum Gasteiger partial charge on any atom is 0.220 e. The number of amides is 1. The number of nitrogens with one attached hydrogen (secondary N) is 1. The molecule has 10 heteroatoms. The highest BCUT2D eigenvalue weighted by Gasteiger charge is 2.40. The lowest BCUT2D eigenvalue weighted by atomic mass is 10.0. The molecule has 2 aliphatic rings. The molecular formula is C26H33Cl2N6OS+. The number of hydrogen-bond donors (Lipinski definition) is 2. The third-order valence-electron chi connectivity index (χ3n) is 7.35. The smallest absolute Gasteiger partial charge is 0.220 e. The molecule has 0 spiro atoms. The average molecular weight is 549 g/mol. The third-order valence-corrected chi connectivity index (χ3v) is 9.16. The summed E-state index contributed by atoms with van der Waals surface area (Å²) in [6.07, 6.45) is 6.42. The number of aromatic nitrogens is 2. The number of thiazole rings is 1. The Morgan fingerprint density at radius 2 is 1.97 bits per heavy atom. The number of nitrogens with zero attached hydrogens (tertiary/aromatic N) is 4. The van der Waals surface area contributed by atoms with E-state index in [0.29, 0.717) is 34.0 Å². The zero-order valence-electron chi connectivity index (χ0n) is 20.4. The third kappa shape index (κ3) is 5.78. The number of hydrogen-bond acceptors (Lipinski definition) is 6. The van der Waals surface area contributed by atoms with Crippen LogP contribution in [0.25, 0.3) is 10.3 Å². The largest absolute Gasteiger partial charge is 0.357 e. The maximum absolute atomic E-state index is 12.5. The number of benzene rings is 1. The Labute approximate surface area is 226 Å². The van der Waals surface area contributed by atoms with E-state index in [-0.39, 0.29) is 11.9 Å². The van der Waals surface area contributed by atoms with Crippen molar-refractivity contribution in [1.82, 2.24) is 15.3 Å². The van der Waals surface area contributed by atoms with Gasteiger partial charge in [-0.15, -0.1) is 11.3 Å². The van der Waals surface area contributed by atoms with Gasteiger partial charge in [-0.3, -0.25) is 4.79 Å². The SMILES string of the molecule is N[N+]1(CCCNC(=O)CCc2nc3nc(N4CCCC4)ccc3s2)CCCC1c1ccc(Cl)c(Cl)c1. The van der Waals surface area contributed by atoms with Crippen LogP contribution in [0.5, 0.6) is 0 Å². The molecule has 2 aromatic heterocycles. The number of fused-ring (bicyclic) bond motifs is 1. The minimum Gasteiger partial charge on any atom is -0.357 e. The quantitative estimate of drug-likeness (QED) is 0.217. The molecule has 7 nitrogen and oxygen atoms in total. The number of nitrogens with two attached hydrogens (primary N) is 1. The fraction of sp³-hybridized carbons (Fsp3) is 0.500. The molecule has 2 atom stereocenters. The molecule has 1 amide bonds. The Hall–Kier alpha value is -1.97. The topological polar surface area (TPSA) is 84.1 Å². The van der Waals surface area contributed by atoms with Crippen molar-refractivity contribution >= 4 is 56.6 Å². The number of aryl methyl sites for hydroxylation is 1. The molecule has 3 N–H and O–H groups in total. The van der Waals surface area contributed by atoms with E-state index in [1.165, 1.54) is 12.8 Å². The molecule has 192 valence electrons. The van der Waals surface area contributed by atoms with E-state index in [1.54, 1.807) is 11.3 Å². The molecule has 5 rings (SSSR count). The standard InChI is InChI=1S/C26H32Cl2N6OS/c27-19-7-6-18(17-20(19)28)21-5-3-15-34(21,29)16-4-12-30-24(35)10-11-25-32-26-22(36-25)8-9-23(31-26)33-13-1-2-14-33/h6-9,17,21H,1-5,10-16,29H2/p+1. The molecule has 3 aromatic rings. The summed E-state index contributed by atoms with van der Waals surface area (Å²) in [6, 6.07) is 10.2. The first-order chi connectivity index (χ1) is 17.4. The van der Waals surface area contributed by atoms with Gasteiger partial charge in [0.2, 0.25) is 5.91 Å². The summed E-state index contributed by atoms with van der Waals surface area (Å²) < 4.78 is 1.55. The fourth-order valence-electron chi connectivity index (χ4n) is 5.44. The lowest BCUT2D eigenvalue weighted by Crippen LogP contribution is -2.54. The number of likely N-dealkylation sites (tertiary alicyclic amines) is 1. The molecule has 2 aliphatic heterocycles. The minimum absolute atomic E-state index is 0.0472. The van der Waals surface area contributed by atoms with Crippen molar-refractivity contribution in [3.63, 3.8) is 0 Å². The molecule has 2 fully saturated rings. The lowest BCUT2D eigenvalue weighted by molar-refractivity contribution is -0.956. The van der Waals surface area contributed by atoms with E-state index in [1.807, 2.05) is 18.2 Å². The Morgan fingerprint density at radius 1 is 1.14 bits per heavy atom. The van der Waals surface area contributed by atoms with Crippen molar-refractivity contribution in [2.24, 2.45) is 5.84 Å². The molecule has 0 aliphatic carbocycles. The molecule has 4 heterocycles. The number of rotatable bonds is 9. The summed E-state index contributed by atoms with van der Waals surface area (Å²) in [6.45, 7) is 4.47. The Morgan fingerprint density at radius 3 is 2.78 bits per heavy atom. The van der Waals surface area contributed by atoms with E-state index in [4.69, 9.17) is 34.0 Å². The summed E-state index contributed by atoms with van der Waals surface area (Å²) in [7, 11) is 0. The number of quaternary nitrogens is 1. The molecule has 2 saturated heterocycles. The van der Waals surface area contributed by atoms with Gasteiger partial charge in [0.15, 0.2) is 5.65 Å². The van der Waals surface area contributed by atoms with Gasteiger partial charge < -0.3 is 10.2 Å². The molecular weight excluding hydrogens is 515 g/mol. The van der Waals surface area contributed by atoms with Crippen LogP contribution in [-0.2, 0) is 11.2 Å². The fourth-order valence-corrected chi connectivity index (χ4v) is 6.65. The summed E-state index contributed by atoms with van der Waals surface area (Å²) >= 11 is 14.0. The van der Waals surface area contributed by atoms with Crippen molar-refractivity contribution in [1.29, 1.82) is 0 Å². The van der Waals surface area contributed by atoms with Gasteiger partial charge >= 0.3 is 0 Å². The monoisotopic (exact) mass is 547 g/mol. The molecule has 0 radical (unpaired) electrons. The lowest BCUT2D eigenvalue weighted by Gasteiger charge is -2.35. The van der Waals surface area contributed by atoms with E-state index in [0.717, 1.165) is 72.2 Å². The van der Waals surface area contributed by atoms with Gasteiger partial charge in [0.05, 0.1) is 32.8 Å². The number of anilines is 1. The predicted molar refractivity (Wildman–Crippen MR) is 147 cm³/mol. The zero-order valence-corrected chi connectivity index (χ0v) is 22.7. The minimum atomic E-state index is 0.0472. The van der Waals surface area contributed by atoms with Gasteiger partial charge in [0.1, 0.15) is 11.9 Å². The van der Waals surface area contributed by atoms with Crippen molar-refractivity contribution < 1.29 is 9.39 Å². The highest BCUT2D eigenvalue weighted by Crippen LogP contribution is 2.38. The van der Waals surface area contributed by atoms with Crippen LogP contribution in [0.2, 0.25) is 10.0 Å². The summed E-state index contributed by atoms with van der Waals surface area (Å²) in [4.78, 5) is 24.2. The van der Waals surface area contributed by atoms with Crippen LogP contribution in [0.4, 0.5) is 5.82 Å². The van der Waals surface area contributed by atoms with Gasteiger partial charge in [0, 0.05) is 57.3 Å². The van der Waals surface area contributed by atoms with Gasteiger partial charge in [-0.25, -0.2) is 14.6 Å². The van der Waals surface area contributed by atoms with Crippen molar-refractivity contribution in [2.45, 2.75) is 51.0 Å². The zero-order chi connectivity index (χ0) is 25.1. The van der Waals surface area contributed by atoms with Crippen molar-refractivity contribution in [2.75, 3.05) is 37.6 Å². The highest BCUT2D eigenvalue weighted by atomic mass is 35.5. The summed E-state index contributed by atoms with van der Waals surface area (Å²) in [5, 5.41) is 5.14. The predicted octanol–water partition coefficient (Wildman–Crippen LogP) is 5.26. The summed E-state index contributed by atoms with van der Waals surface area (Å²) in [5.74, 6) is 7.85. The van der Waals surface area contributed by atoms with E-state index in [2.05, 4.69) is 27.3 Å². The summed E-state index contributed by atoms with van der Waals surface area (Å²) in [5.41, 5.74) is 1.92. The van der Waals surface area contributed by atoms with Crippen LogP contribution in [0, 0.1) is 0 Å². The van der Waals surface area contributed by atoms with Crippen LogP contribution in [0.3, 0.4) is 0 Å². The average Bonchev–Trinajstić information content (AvgIpc) is 3.62. The molecule has 0 bridgehead atoms. The maximum atomic E-state index is 12.5. The second kappa shape index (κ2) is 11.2. The Balaban J connectivity index is 1.08. The second-order valence-electron chi connectivity index (χ2n) is 9.88. The number of carbonyl (C=O) groups is 1. The van der Waals surface area contributed by atoms with E-state index in [9.17, 15) is 4.79 Å². The van der Waals surface area contributed by atoms with Crippen molar-refractivity contribution in [3.8, 4) is 0 Å². The van der Waals surface area contributed by atoms with E-state index < -0.39 is 0 Å². The number of pyridine rings is 1. The molecule has 1 aromatic carbocycles. The molecule has 2 unspecified atom stereocenters. The normalized spacial score (nSPS) is 22.0. The Kier molecular flexibility index (Phi) is 7.98.